The van der Waals surface area contributed by atoms with Crippen molar-refractivity contribution in [1.29, 1.82) is 0 Å². The van der Waals surface area contributed by atoms with Crippen LogP contribution in [-0.2, 0) is 4.79 Å². The van der Waals surface area contributed by atoms with Gasteiger partial charge < -0.3 is 9.67 Å². The maximum Gasteiger partial charge on any atom is 0.307 e. The lowest BCUT2D eigenvalue weighted by Crippen LogP contribution is -2.27. The molecular formula is C16H19N3O2. The van der Waals surface area contributed by atoms with Crippen molar-refractivity contribution in [1.82, 2.24) is 14.5 Å². The summed E-state index contributed by atoms with van der Waals surface area (Å²) >= 11 is 0. The molecule has 0 aliphatic heterocycles. The summed E-state index contributed by atoms with van der Waals surface area (Å²) in [6.45, 7) is 0. The second-order valence-corrected chi connectivity index (χ2v) is 6.27. The molecule has 21 heavy (non-hydrogen) atoms. The number of rotatable bonds is 3. The van der Waals surface area contributed by atoms with Crippen molar-refractivity contribution in [2.24, 2.45) is 5.92 Å². The summed E-state index contributed by atoms with van der Waals surface area (Å²) in [5.74, 6) is 0.0603. The highest BCUT2D eigenvalue weighted by molar-refractivity contribution is 5.76. The zero-order valence-corrected chi connectivity index (χ0v) is 11.9. The first-order valence-corrected chi connectivity index (χ1v) is 7.80. The van der Waals surface area contributed by atoms with Gasteiger partial charge in [0, 0.05) is 18.2 Å². The number of hydrogen-bond acceptors (Lipinski definition) is 3. The molecule has 110 valence electrons. The Morgan fingerprint density at radius 2 is 2.05 bits per heavy atom. The normalized spacial score (nSPS) is 26.1. The van der Waals surface area contributed by atoms with Gasteiger partial charge in [-0.3, -0.25) is 9.78 Å². The topological polar surface area (TPSA) is 68.0 Å². The Labute approximate surface area is 123 Å². The van der Waals surface area contributed by atoms with Crippen LogP contribution in [-0.4, -0.2) is 25.6 Å². The smallest absolute Gasteiger partial charge is 0.307 e. The Balaban J connectivity index is 1.84. The number of pyridine rings is 1. The van der Waals surface area contributed by atoms with E-state index in [2.05, 4.69) is 9.55 Å². The van der Waals surface area contributed by atoms with Gasteiger partial charge in [-0.1, -0.05) is 12.8 Å². The summed E-state index contributed by atoms with van der Waals surface area (Å²) < 4.78 is 2.29. The Kier molecular flexibility index (Phi) is 2.94. The number of imidazole rings is 1. The molecule has 5 heteroatoms. The van der Waals surface area contributed by atoms with Gasteiger partial charge in [0.2, 0.25) is 0 Å². The lowest BCUT2D eigenvalue weighted by molar-refractivity contribution is -0.143. The Morgan fingerprint density at radius 3 is 2.81 bits per heavy atom. The van der Waals surface area contributed by atoms with Crippen LogP contribution in [0, 0.1) is 5.92 Å². The van der Waals surface area contributed by atoms with Gasteiger partial charge in [-0.05, 0) is 31.7 Å². The molecule has 1 N–H and O–H groups in total. The predicted octanol–water partition coefficient (Wildman–Crippen LogP) is 3.12. The number of hydrogen-bond donors (Lipinski definition) is 1. The SMILES string of the molecule is O=C(O)C1CCCCC1c1nc2cnccc2n1C1CC1. The van der Waals surface area contributed by atoms with Crippen LogP contribution in [0.25, 0.3) is 11.0 Å². The van der Waals surface area contributed by atoms with E-state index in [1.54, 1.807) is 12.4 Å². The maximum absolute atomic E-state index is 11.6. The van der Waals surface area contributed by atoms with E-state index in [0.717, 1.165) is 42.5 Å². The van der Waals surface area contributed by atoms with Crippen molar-refractivity contribution in [3.8, 4) is 0 Å². The Morgan fingerprint density at radius 1 is 1.24 bits per heavy atom. The molecule has 0 amide bonds. The molecule has 5 nitrogen and oxygen atoms in total. The van der Waals surface area contributed by atoms with Gasteiger partial charge in [0.25, 0.3) is 0 Å². The number of aliphatic carboxylic acids is 1. The summed E-state index contributed by atoms with van der Waals surface area (Å²) in [5.41, 5.74) is 2.01. The average Bonchev–Trinajstić information content (AvgIpc) is 3.27. The van der Waals surface area contributed by atoms with Crippen molar-refractivity contribution in [2.45, 2.75) is 50.5 Å². The second-order valence-electron chi connectivity index (χ2n) is 6.27. The third kappa shape index (κ3) is 2.11. The van der Waals surface area contributed by atoms with E-state index >= 15 is 0 Å². The molecule has 2 aromatic heterocycles. The third-order valence-electron chi connectivity index (χ3n) is 4.85. The number of carbonyl (C=O) groups is 1. The fraction of sp³-hybridized carbons (Fsp3) is 0.562. The Hall–Kier alpha value is -1.91. The van der Waals surface area contributed by atoms with Crippen LogP contribution < -0.4 is 0 Å². The Bertz CT molecular complexity index is 690. The average molecular weight is 285 g/mol. The highest BCUT2D eigenvalue weighted by Crippen LogP contribution is 2.44. The first-order valence-electron chi connectivity index (χ1n) is 7.80. The fourth-order valence-electron chi connectivity index (χ4n) is 3.68. The minimum Gasteiger partial charge on any atom is -0.481 e. The summed E-state index contributed by atoms with van der Waals surface area (Å²) in [7, 11) is 0. The van der Waals surface area contributed by atoms with Gasteiger partial charge in [-0.25, -0.2) is 4.98 Å². The van der Waals surface area contributed by atoms with Crippen molar-refractivity contribution < 1.29 is 9.90 Å². The van der Waals surface area contributed by atoms with Crippen LogP contribution in [0.2, 0.25) is 0 Å². The minimum absolute atomic E-state index is 0.0456. The molecule has 2 aromatic rings. The van der Waals surface area contributed by atoms with Gasteiger partial charge in [-0.2, -0.15) is 0 Å². The van der Waals surface area contributed by atoms with E-state index in [0.29, 0.717) is 6.04 Å². The molecule has 2 aliphatic carbocycles. The van der Waals surface area contributed by atoms with Gasteiger partial charge >= 0.3 is 5.97 Å². The largest absolute Gasteiger partial charge is 0.481 e. The lowest BCUT2D eigenvalue weighted by Gasteiger charge is -2.28. The molecule has 0 bridgehead atoms. The zero-order valence-electron chi connectivity index (χ0n) is 11.9. The van der Waals surface area contributed by atoms with E-state index in [1.807, 2.05) is 6.07 Å². The molecule has 2 aliphatic rings. The van der Waals surface area contributed by atoms with E-state index in [1.165, 1.54) is 12.8 Å². The van der Waals surface area contributed by atoms with Crippen LogP contribution in [0.1, 0.15) is 56.3 Å². The maximum atomic E-state index is 11.6. The highest BCUT2D eigenvalue weighted by Gasteiger charge is 2.38. The standard InChI is InChI=1S/C16H19N3O2/c20-16(21)12-4-2-1-3-11(12)15-18-13-9-17-8-7-14(13)19(15)10-5-6-10/h7-12H,1-6H2,(H,20,21). The quantitative estimate of drug-likeness (QED) is 0.940. The number of nitrogens with zero attached hydrogens (tertiary/aromatic N) is 3. The van der Waals surface area contributed by atoms with Crippen molar-refractivity contribution in [3.05, 3.63) is 24.3 Å². The van der Waals surface area contributed by atoms with Gasteiger partial charge in [0.1, 0.15) is 11.3 Å². The fourth-order valence-corrected chi connectivity index (χ4v) is 3.68. The van der Waals surface area contributed by atoms with E-state index in [9.17, 15) is 9.90 Å². The van der Waals surface area contributed by atoms with Crippen LogP contribution in [0.15, 0.2) is 18.5 Å². The first-order chi connectivity index (χ1) is 10.3. The number of carboxylic acids is 1. The summed E-state index contributed by atoms with van der Waals surface area (Å²) in [5, 5.41) is 9.54. The van der Waals surface area contributed by atoms with Crippen LogP contribution >= 0.6 is 0 Å². The molecule has 2 saturated carbocycles. The van der Waals surface area contributed by atoms with Gasteiger partial charge in [0.05, 0.1) is 17.6 Å². The van der Waals surface area contributed by atoms with Crippen molar-refractivity contribution in [3.63, 3.8) is 0 Å². The van der Waals surface area contributed by atoms with Gasteiger partial charge in [-0.15, -0.1) is 0 Å². The van der Waals surface area contributed by atoms with Crippen molar-refractivity contribution >= 4 is 17.0 Å². The predicted molar refractivity (Wildman–Crippen MR) is 78.1 cm³/mol. The molecule has 0 saturated heterocycles. The molecular weight excluding hydrogens is 266 g/mol. The molecule has 4 rings (SSSR count). The van der Waals surface area contributed by atoms with Crippen LogP contribution in [0.4, 0.5) is 0 Å². The molecule has 2 atom stereocenters. The van der Waals surface area contributed by atoms with Crippen molar-refractivity contribution in [2.75, 3.05) is 0 Å². The first kappa shape index (κ1) is 12.8. The molecule has 0 radical (unpaired) electrons. The highest BCUT2D eigenvalue weighted by atomic mass is 16.4. The number of carboxylic acid groups (broad SMARTS) is 1. The number of fused-ring (bicyclic) bond motifs is 1. The zero-order chi connectivity index (χ0) is 14.4. The van der Waals surface area contributed by atoms with E-state index in [-0.39, 0.29) is 11.8 Å². The van der Waals surface area contributed by atoms with E-state index < -0.39 is 5.97 Å². The summed E-state index contributed by atoms with van der Waals surface area (Å²) in [6.07, 6.45) is 9.74. The second kappa shape index (κ2) is 4.83. The molecule has 2 fully saturated rings. The van der Waals surface area contributed by atoms with E-state index in [4.69, 9.17) is 4.98 Å². The lowest BCUT2D eigenvalue weighted by atomic mass is 9.78. The number of aromatic nitrogens is 3. The van der Waals surface area contributed by atoms with Crippen LogP contribution in [0.3, 0.4) is 0 Å². The molecule has 2 unspecified atom stereocenters. The minimum atomic E-state index is -0.674. The van der Waals surface area contributed by atoms with Gasteiger partial charge in [0.15, 0.2) is 0 Å². The monoisotopic (exact) mass is 285 g/mol. The summed E-state index contributed by atoms with van der Waals surface area (Å²) in [4.78, 5) is 20.5. The molecule has 0 spiro atoms. The summed E-state index contributed by atoms with van der Waals surface area (Å²) in [6, 6.07) is 2.51. The molecule has 0 aromatic carbocycles. The molecule has 2 heterocycles. The third-order valence-corrected chi connectivity index (χ3v) is 4.85. The van der Waals surface area contributed by atoms with Crippen LogP contribution in [0.5, 0.6) is 0 Å².